The largest absolute Gasteiger partial charge is 0.466 e. The van der Waals surface area contributed by atoms with Crippen LogP contribution < -0.4 is 0 Å². The van der Waals surface area contributed by atoms with Gasteiger partial charge in [-0.25, -0.2) is 4.79 Å². The Morgan fingerprint density at radius 1 is 1.21 bits per heavy atom. The molecule has 0 spiro atoms. The van der Waals surface area contributed by atoms with Crippen molar-refractivity contribution < 1.29 is 19.1 Å². The van der Waals surface area contributed by atoms with Crippen LogP contribution in [0.1, 0.15) is 39.0 Å². The average molecular weight is 201 g/mol. The molecule has 0 saturated carbocycles. The first-order valence-corrected chi connectivity index (χ1v) is 4.95. The predicted octanol–water partition coefficient (Wildman–Crippen LogP) is 1.58. The van der Waals surface area contributed by atoms with Gasteiger partial charge in [-0.05, 0) is 12.8 Å². The molecule has 0 amide bonds. The fraction of sp³-hybridized carbons (Fsp3) is 0.800. The van der Waals surface area contributed by atoms with Crippen molar-refractivity contribution in [3.8, 4) is 0 Å². The number of esters is 1. The molecule has 0 rings (SSSR count). The van der Waals surface area contributed by atoms with Crippen LogP contribution in [-0.4, -0.2) is 25.7 Å². The minimum Gasteiger partial charge on any atom is -0.466 e. The van der Waals surface area contributed by atoms with Crippen LogP contribution in [0.25, 0.3) is 0 Å². The highest BCUT2D eigenvalue weighted by atomic mass is 16.5. The van der Waals surface area contributed by atoms with Crippen molar-refractivity contribution in [1.29, 1.82) is 0 Å². The minimum atomic E-state index is -0.226. The fourth-order valence-corrected chi connectivity index (χ4v) is 0.941. The molecule has 0 aliphatic carbocycles. The molecule has 0 aliphatic rings. The molecule has 14 heavy (non-hydrogen) atoms. The van der Waals surface area contributed by atoms with Gasteiger partial charge in [0.25, 0.3) is 0 Å². The summed E-state index contributed by atoms with van der Waals surface area (Å²) in [6.07, 6.45) is 3.91. The molecule has 0 heterocycles. The number of hydrogen-bond acceptors (Lipinski definition) is 4. The number of carbonyl (C=O) groups is 1. The number of hydrogen-bond donors (Lipinski definition) is 0. The monoisotopic (exact) mass is 201 g/mol. The summed E-state index contributed by atoms with van der Waals surface area (Å²) in [5, 5.41) is 0. The van der Waals surface area contributed by atoms with Crippen LogP contribution in [0.3, 0.4) is 0 Å². The lowest BCUT2D eigenvalue weighted by Crippen LogP contribution is -2.07. The quantitative estimate of drug-likeness (QED) is 0.420. The van der Waals surface area contributed by atoms with Gasteiger partial charge in [0.05, 0.1) is 13.2 Å². The van der Waals surface area contributed by atoms with Crippen LogP contribution in [0.4, 0.5) is 0 Å². The van der Waals surface area contributed by atoms with E-state index in [1.54, 1.807) is 0 Å². The first-order valence-electron chi connectivity index (χ1n) is 4.95. The summed E-state index contributed by atoms with van der Waals surface area (Å²) in [6, 6.07) is 0. The summed E-state index contributed by atoms with van der Waals surface area (Å²) in [6.45, 7) is 4.11. The maximum absolute atomic E-state index is 11.0. The van der Waals surface area contributed by atoms with Gasteiger partial charge >= 0.3 is 12.4 Å². The molecule has 4 nitrogen and oxygen atoms in total. The lowest BCUT2D eigenvalue weighted by molar-refractivity contribution is -0.144. The lowest BCUT2D eigenvalue weighted by Gasteiger charge is -2.03. The van der Waals surface area contributed by atoms with E-state index in [2.05, 4.69) is 11.7 Å². The number of rotatable bonds is 9. The molecule has 0 aromatic heterocycles. The topological polar surface area (TPSA) is 52.6 Å². The van der Waals surface area contributed by atoms with Gasteiger partial charge in [-0.3, -0.25) is 4.79 Å². The Hall–Kier alpha value is -1.06. The van der Waals surface area contributed by atoms with E-state index in [9.17, 15) is 9.59 Å². The summed E-state index contributed by atoms with van der Waals surface area (Å²) >= 11 is 0. The molecule has 0 unspecified atom stereocenters. The first kappa shape index (κ1) is 12.9. The molecule has 0 bridgehead atoms. The first-order chi connectivity index (χ1) is 6.81. The van der Waals surface area contributed by atoms with E-state index in [4.69, 9.17) is 4.74 Å². The summed E-state index contributed by atoms with van der Waals surface area (Å²) in [4.78, 5) is 20.6. The zero-order valence-corrected chi connectivity index (χ0v) is 8.58. The molecule has 0 N–H and O–H groups in total. The molecule has 0 fully saturated rings. The van der Waals surface area contributed by atoms with Crippen LogP contribution in [0, 0.1) is 0 Å². The van der Waals surface area contributed by atoms with Crippen molar-refractivity contribution in [2.45, 2.75) is 39.0 Å². The minimum absolute atomic E-state index is 0.226. The molecular weight excluding hydrogens is 184 g/mol. The maximum Gasteiger partial charge on any atom is 0.417 e. The third kappa shape index (κ3) is 9.03. The molecule has 0 aromatic carbocycles. The fourth-order valence-electron chi connectivity index (χ4n) is 0.941. The highest BCUT2D eigenvalue weighted by Gasteiger charge is 2.01. The Kier molecular flexibility index (Phi) is 9.26. The molecule has 4 heteroatoms. The van der Waals surface area contributed by atoms with Crippen molar-refractivity contribution in [2.24, 2.45) is 0 Å². The predicted molar refractivity (Wildman–Crippen MR) is 51.4 cm³/mol. The summed E-state index contributed by atoms with van der Waals surface area (Å²) in [5.74, 6) is -0.226. The summed E-state index contributed by atoms with van der Waals surface area (Å²) in [5.41, 5.74) is 0. The number of ether oxygens (including phenoxy) is 2. The third-order valence-corrected chi connectivity index (χ3v) is 1.70. The Balaban J connectivity index is 3.15. The van der Waals surface area contributed by atoms with Gasteiger partial charge in [0.15, 0.2) is 0 Å². The molecule has 1 radical (unpaired) electrons. The molecule has 0 aliphatic heterocycles. The zero-order valence-electron chi connectivity index (χ0n) is 8.58. The number of unbranched alkanes of at least 4 members (excludes halogenated alkanes) is 2. The molecule has 0 aromatic rings. The molecule has 0 saturated heterocycles. The highest BCUT2D eigenvalue weighted by molar-refractivity contribution is 5.69. The van der Waals surface area contributed by atoms with Gasteiger partial charge in [-0.2, -0.15) is 0 Å². The average Bonchev–Trinajstić information content (AvgIpc) is 2.19. The second kappa shape index (κ2) is 10.0. The highest BCUT2D eigenvalue weighted by Crippen LogP contribution is 1.97. The zero-order chi connectivity index (χ0) is 10.6. The van der Waals surface area contributed by atoms with Gasteiger partial charge in [0.2, 0.25) is 0 Å². The summed E-state index contributed by atoms with van der Waals surface area (Å²) < 4.78 is 9.24. The van der Waals surface area contributed by atoms with Crippen molar-refractivity contribution in [3.63, 3.8) is 0 Å². The lowest BCUT2D eigenvalue weighted by atomic mass is 10.3. The third-order valence-electron chi connectivity index (χ3n) is 1.70. The van der Waals surface area contributed by atoms with E-state index in [-0.39, 0.29) is 12.6 Å². The van der Waals surface area contributed by atoms with Crippen molar-refractivity contribution in [2.75, 3.05) is 13.2 Å². The van der Waals surface area contributed by atoms with Crippen molar-refractivity contribution in [3.05, 3.63) is 0 Å². The maximum atomic E-state index is 11.0. The van der Waals surface area contributed by atoms with E-state index in [1.807, 2.05) is 0 Å². The van der Waals surface area contributed by atoms with Crippen molar-refractivity contribution >= 4 is 12.4 Å². The van der Waals surface area contributed by atoms with Crippen molar-refractivity contribution in [1.82, 2.24) is 0 Å². The van der Waals surface area contributed by atoms with Crippen LogP contribution >= 0.6 is 0 Å². The van der Waals surface area contributed by atoms with Crippen LogP contribution in [0.5, 0.6) is 0 Å². The molecule has 0 atom stereocenters. The SMILES string of the molecule is CCCCCOC(=O)CCCO[C]=O. The van der Waals surface area contributed by atoms with Crippen LogP contribution in [0.2, 0.25) is 0 Å². The van der Waals surface area contributed by atoms with E-state index in [0.29, 0.717) is 19.4 Å². The second-order valence-electron chi connectivity index (χ2n) is 2.96. The van der Waals surface area contributed by atoms with Gasteiger partial charge in [-0.15, -0.1) is 0 Å². The standard InChI is InChI=1S/C10H17O4/c1-2-3-4-8-14-10(12)6-5-7-13-9-11/h2-8H2,1H3. The Morgan fingerprint density at radius 3 is 2.64 bits per heavy atom. The van der Waals surface area contributed by atoms with E-state index in [0.717, 1.165) is 19.3 Å². The number of carbonyl (C=O) groups excluding carboxylic acids is 2. The molecular formula is C10H17O4. The van der Waals surface area contributed by atoms with E-state index in [1.165, 1.54) is 6.47 Å². The van der Waals surface area contributed by atoms with Crippen LogP contribution in [-0.2, 0) is 19.1 Å². The summed E-state index contributed by atoms with van der Waals surface area (Å²) in [7, 11) is 0. The van der Waals surface area contributed by atoms with Gasteiger partial charge < -0.3 is 9.47 Å². The molecule has 81 valence electrons. The smallest absolute Gasteiger partial charge is 0.417 e. The Labute approximate surface area is 84.6 Å². The van der Waals surface area contributed by atoms with Gasteiger partial charge in [-0.1, -0.05) is 19.8 Å². The normalized spacial score (nSPS) is 9.50. The second-order valence-corrected chi connectivity index (χ2v) is 2.96. The van der Waals surface area contributed by atoms with Gasteiger partial charge in [0.1, 0.15) is 0 Å². The Morgan fingerprint density at radius 2 is 2.00 bits per heavy atom. The van der Waals surface area contributed by atoms with Gasteiger partial charge in [0, 0.05) is 6.42 Å². The Bertz CT molecular complexity index is 156. The van der Waals surface area contributed by atoms with E-state index >= 15 is 0 Å². The van der Waals surface area contributed by atoms with E-state index < -0.39 is 0 Å². The van der Waals surface area contributed by atoms with Crippen LogP contribution in [0.15, 0.2) is 0 Å².